The second-order valence-electron chi connectivity index (χ2n) is 6.62. The van der Waals surface area contributed by atoms with Crippen molar-refractivity contribution in [3.05, 3.63) is 29.6 Å². The van der Waals surface area contributed by atoms with Gasteiger partial charge in [-0.2, -0.15) is 14.8 Å². The largest absolute Gasteiger partial charge is 0.159 e. The van der Waals surface area contributed by atoms with Gasteiger partial charge in [0.1, 0.15) is 0 Å². The van der Waals surface area contributed by atoms with Crippen molar-refractivity contribution in [2.45, 2.75) is 52.4 Å². The Labute approximate surface area is 103 Å². The van der Waals surface area contributed by atoms with Crippen LogP contribution < -0.4 is 0 Å². The molecule has 2 heterocycles. The fourth-order valence-electron chi connectivity index (χ4n) is 2.16. The Morgan fingerprint density at radius 2 is 1.65 bits per heavy atom. The molecule has 0 aliphatic rings. The highest BCUT2D eigenvalue weighted by Gasteiger charge is 2.30. The van der Waals surface area contributed by atoms with Crippen LogP contribution in [0.15, 0.2) is 18.3 Å². The molecular weight excluding hydrogens is 210 g/mol. The van der Waals surface area contributed by atoms with E-state index in [1.165, 1.54) is 5.56 Å². The summed E-state index contributed by atoms with van der Waals surface area (Å²) in [5.74, 6) is 0. The predicted octanol–water partition coefficient (Wildman–Crippen LogP) is 3.32. The molecule has 0 fully saturated rings. The summed E-state index contributed by atoms with van der Waals surface area (Å²) in [4.78, 5) is 0. The lowest BCUT2D eigenvalue weighted by atomic mass is 9.79. The summed E-state index contributed by atoms with van der Waals surface area (Å²) in [5, 5.41) is 8.95. The quantitative estimate of drug-likeness (QED) is 0.696. The molecule has 0 aromatic carbocycles. The molecule has 0 bridgehead atoms. The summed E-state index contributed by atoms with van der Waals surface area (Å²) in [7, 11) is 0. The first-order valence-electron chi connectivity index (χ1n) is 6.06. The number of hydrogen-bond donors (Lipinski definition) is 0. The van der Waals surface area contributed by atoms with Gasteiger partial charge in [0, 0.05) is 17.2 Å². The van der Waals surface area contributed by atoms with Crippen molar-refractivity contribution in [3.63, 3.8) is 0 Å². The minimum atomic E-state index is 0.0380. The number of rotatable bonds is 0. The third kappa shape index (κ3) is 2.06. The van der Waals surface area contributed by atoms with E-state index in [1.807, 2.05) is 6.07 Å². The molecule has 2 rings (SSSR count). The van der Waals surface area contributed by atoms with Crippen LogP contribution in [0.5, 0.6) is 0 Å². The Balaban J connectivity index is 2.84. The van der Waals surface area contributed by atoms with Gasteiger partial charge in [0.15, 0.2) is 0 Å². The second kappa shape index (κ2) is 3.56. The van der Waals surface area contributed by atoms with E-state index in [9.17, 15) is 0 Å². The van der Waals surface area contributed by atoms with Crippen LogP contribution in [0.4, 0.5) is 0 Å². The molecule has 0 saturated heterocycles. The first-order valence-corrected chi connectivity index (χ1v) is 6.06. The van der Waals surface area contributed by atoms with Gasteiger partial charge in [0.25, 0.3) is 0 Å². The average molecular weight is 231 g/mol. The van der Waals surface area contributed by atoms with Crippen LogP contribution in [0.1, 0.15) is 52.8 Å². The highest BCUT2D eigenvalue weighted by molar-refractivity contribution is 5.59. The zero-order valence-corrected chi connectivity index (χ0v) is 11.6. The van der Waals surface area contributed by atoms with Crippen LogP contribution in [0, 0.1) is 0 Å². The Morgan fingerprint density at radius 3 is 2.18 bits per heavy atom. The minimum Gasteiger partial charge on any atom is -0.159 e. The van der Waals surface area contributed by atoms with Gasteiger partial charge in [0.05, 0.1) is 11.2 Å². The topological polar surface area (TPSA) is 30.2 Å². The smallest absolute Gasteiger partial charge is 0.0913 e. The highest BCUT2D eigenvalue weighted by Crippen LogP contribution is 2.35. The van der Waals surface area contributed by atoms with Crippen molar-refractivity contribution < 1.29 is 0 Å². The third-order valence-electron chi connectivity index (χ3n) is 2.88. The van der Waals surface area contributed by atoms with Crippen molar-refractivity contribution in [2.24, 2.45) is 0 Å². The molecule has 3 nitrogen and oxygen atoms in total. The van der Waals surface area contributed by atoms with Gasteiger partial charge in [0.2, 0.25) is 0 Å². The maximum Gasteiger partial charge on any atom is 0.0913 e. The molecule has 92 valence electrons. The maximum absolute atomic E-state index is 4.66. The Morgan fingerprint density at radius 1 is 1.00 bits per heavy atom. The Kier molecular flexibility index (Phi) is 2.53. The van der Waals surface area contributed by atoms with E-state index in [0.717, 1.165) is 11.2 Å². The lowest BCUT2D eigenvalue weighted by Crippen LogP contribution is -2.21. The lowest BCUT2D eigenvalue weighted by molar-refractivity contribution is 0.518. The first-order chi connectivity index (χ1) is 7.71. The standard InChI is InChI=1S/C14H21N3/c1-13(2,3)11-10-8-7-9-15-17(10)16-12(11)14(4,5)6/h7-9H,1-6H3. The molecule has 0 atom stereocenters. The predicted molar refractivity (Wildman–Crippen MR) is 70.4 cm³/mol. The monoisotopic (exact) mass is 231 g/mol. The number of nitrogens with zero attached hydrogens (tertiary/aromatic N) is 3. The fourth-order valence-corrected chi connectivity index (χ4v) is 2.16. The highest BCUT2D eigenvalue weighted by atomic mass is 15.4. The van der Waals surface area contributed by atoms with Crippen molar-refractivity contribution >= 4 is 5.52 Å². The molecule has 0 N–H and O–H groups in total. The second-order valence-corrected chi connectivity index (χ2v) is 6.62. The van der Waals surface area contributed by atoms with Gasteiger partial charge < -0.3 is 0 Å². The van der Waals surface area contributed by atoms with Gasteiger partial charge in [-0.1, -0.05) is 41.5 Å². The molecule has 3 heteroatoms. The zero-order valence-electron chi connectivity index (χ0n) is 11.6. The van der Waals surface area contributed by atoms with Gasteiger partial charge in [-0.25, -0.2) is 0 Å². The lowest BCUT2D eigenvalue weighted by Gasteiger charge is -2.25. The van der Waals surface area contributed by atoms with Crippen molar-refractivity contribution in [1.82, 2.24) is 14.8 Å². The molecule has 0 unspecified atom stereocenters. The van der Waals surface area contributed by atoms with Crippen LogP contribution in [0.2, 0.25) is 0 Å². The molecule has 17 heavy (non-hydrogen) atoms. The molecule has 0 saturated carbocycles. The number of hydrogen-bond acceptors (Lipinski definition) is 2. The van der Waals surface area contributed by atoms with Crippen LogP contribution in [0.25, 0.3) is 5.52 Å². The molecule has 0 radical (unpaired) electrons. The van der Waals surface area contributed by atoms with Gasteiger partial charge in [-0.05, 0) is 17.5 Å². The Bertz CT molecular complexity index is 539. The SMILES string of the molecule is CC(C)(C)c1nn2ncccc2c1C(C)(C)C. The van der Waals surface area contributed by atoms with E-state index in [0.29, 0.717) is 0 Å². The molecule has 2 aromatic heterocycles. The molecule has 0 aliphatic carbocycles. The van der Waals surface area contributed by atoms with Crippen LogP contribution in [-0.4, -0.2) is 14.8 Å². The molecule has 0 spiro atoms. The third-order valence-corrected chi connectivity index (χ3v) is 2.88. The summed E-state index contributed by atoms with van der Waals surface area (Å²) in [5.41, 5.74) is 3.68. The molecule has 0 aliphatic heterocycles. The molecule has 0 amide bonds. The minimum absolute atomic E-state index is 0.0380. The van der Waals surface area contributed by atoms with E-state index in [1.54, 1.807) is 10.8 Å². The van der Waals surface area contributed by atoms with Crippen LogP contribution in [0.3, 0.4) is 0 Å². The summed E-state index contributed by atoms with van der Waals surface area (Å²) in [6, 6.07) is 4.06. The number of aromatic nitrogens is 3. The van der Waals surface area contributed by atoms with E-state index >= 15 is 0 Å². The van der Waals surface area contributed by atoms with E-state index in [2.05, 4.69) is 57.8 Å². The summed E-state index contributed by atoms with van der Waals surface area (Å²) in [6.07, 6.45) is 1.78. The van der Waals surface area contributed by atoms with Gasteiger partial charge in [-0.15, -0.1) is 0 Å². The zero-order chi connectivity index (χ0) is 12.8. The average Bonchev–Trinajstić information content (AvgIpc) is 2.54. The normalized spacial score (nSPS) is 13.3. The fraction of sp³-hybridized carbons (Fsp3) is 0.571. The first kappa shape index (κ1) is 12.1. The van der Waals surface area contributed by atoms with Crippen LogP contribution >= 0.6 is 0 Å². The maximum atomic E-state index is 4.66. The van der Waals surface area contributed by atoms with Gasteiger partial charge in [-0.3, -0.25) is 0 Å². The molecular formula is C14H21N3. The van der Waals surface area contributed by atoms with Crippen molar-refractivity contribution in [1.29, 1.82) is 0 Å². The Hall–Kier alpha value is -1.38. The van der Waals surface area contributed by atoms with Crippen molar-refractivity contribution in [2.75, 3.05) is 0 Å². The van der Waals surface area contributed by atoms with E-state index in [-0.39, 0.29) is 10.8 Å². The van der Waals surface area contributed by atoms with Crippen molar-refractivity contribution in [3.8, 4) is 0 Å². The van der Waals surface area contributed by atoms with E-state index < -0.39 is 0 Å². The summed E-state index contributed by atoms with van der Waals surface area (Å²) in [6.45, 7) is 13.3. The van der Waals surface area contributed by atoms with Gasteiger partial charge >= 0.3 is 0 Å². The van der Waals surface area contributed by atoms with E-state index in [4.69, 9.17) is 0 Å². The number of fused-ring (bicyclic) bond motifs is 1. The summed E-state index contributed by atoms with van der Waals surface area (Å²) < 4.78 is 1.75. The van der Waals surface area contributed by atoms with Crippen LogP contribution in [-0.2, 0) is 10.8 Å². The summed E-state index contributed by atoms with van der Waals surface area (Å²) >= 11 is 0. The molecule has 2 aromatic rings.